The van der Waals surface area contributed by atoms with Crippen molar-refractivity contribution < 1.29 is 19.1 Å². The van der Waals surface area contributed by atoms with E-state index in [1.807, 2.05) is 12.1 Å². The maximum atomic E-state index is 12.2. The second-order valence-electron chi connectivity index (χ2n) is 5.27. The average molecular weight is 394 g/mol. The topological polar surface area (TPSA) is 64.6 Å². The van der Waals surface area contributed by atoms with Crippen LogP contribution >= 0.6 is 23.2 Å². The normalized spacial score (nSPS) is 11.8. The number of methoxy groups -OCH3 is 1. The first-order chi connectivity index (χ1) is 12.4. The molecule has 0 aliphatic carbocycles. The highest BCUT2D eigenvalue weighted by atomic mass is 35.5. The van der Waals surface area contributed by atoms with Crippen molar-refractivity contribution in [1.29, 1.82) is 0 Å². The lowest BCUT2D eigenvalue weighted by Crippen LogP contribution is -2.29. The number of rotatable bonds is 6. The molecule has 0 saturated carbocycles. The van der Waals surface area contributed by atoms with Gasteiger partial charge in [0.05, 0.1) is 17.8 Å². The molecule has 26 heavy (non-hydrogen) atoms. The summed E-state index contributed by atoms with van der Waals surface area (Å²) >= 11 is 11.9. The second kappa shape index (κ2) is 9.27. The van der Waals surface area contributed by atoms with Gasteiger partial charge >= 0.3 is 5.97 Å². The van der Waals surface area contributed by atoms with Gasteiger partial charge in [-0.3, -0.25) is 4.79 Å². The molecule has 0 fully saturated rings. The van der Waals surface area contributed by atoms with Gasteiger partial charge in [-0.1, -0.05) is 41.4 Å². The lowest BCUT2D eigenvalue weighted by Gasteiger charge is -2.13. The first-order valence-electron chi connectivity index (χ1n) is 7.68. The molecule has 0 radical (unpaired) electrons. The Hall–Kier alpha value is -2.50. The fraction of sp³-hybridized carbons (Fsp3) is 0.158. The molecule has 136 valence electrons. The van der Waals surface area contributed by atoms with E-state index in [1.54, 1.807) is 37.5 Å². The molecule has 7 heteroatoms. The third-order valence-electron chi connectivity index (χ3n) is 3.39. The quantitative estimate of drug-likeness (QED) is 0.575. The summed E-state index contributed by atoms with van der Waals surface area (Å²) in [5, 5.41) is 3.33. The number of ether oxygens (including phenoxy) is 2. The van der Waals surface area contributed by atoms with Gasteiger partial charge in [0.1, 0.15) is 5.75 Å². The minimum Gasteiger partial charge on any atom is -0.496 e. The summed E-state index contributed by atoms with van der Waals surface area (Å²) in [7, 11) is 1.54. The molecule has 5 nitrogen and oxygen atoms in total. The number of hydrogen-bond acceptors (Lipinski definition) is 4. The van der Waals surface area contributed by atoms with Crippen molar-refractivity contribution in [2.24, 2.45) is 0 Å². The number of anilines is 1. The number of para-hydroxylation sites is 1. The Morgan fingerprint density at radius 3 is 2.62 bits per heavy atom. The zero-order valence-electron chi connectivity index (χ0n) is 14.2. The van der Waals surface area contributed by atoms with Crippen LogP contribution in [0.2, 0.25) is 10.0 Å². The monoisotopic (exact) mass is 393 g/mol. The number of esters is 1. The SMILES string of the molecule is COc1ccccc1/C=C/C(=O)OC(C)C(=O)Nc1cc(Cl)ccc1Cl. The lowest BCUT2D eigenvalue weighted by atomic mass is 10.2. The maximum Gasteiger partial charge on any atom is 0.331 e. The van der Waals surface area contributed by atoms with Crippen LogP contribution in [0.4, 0.5) is 5.69 Å². The van der Waals surface area contributed by atoms with Crippen LogP contribution in [0.15, 0.2) is 48.5 Å². The van der Waals surface area contributed by atoms with Crippen molar-refractivity contribution in [2.45, 2.75) is 13.0 Å². The van der Waals surface area contributed by atoms with Crippen LogP contribution in [0.3, 0.4) is 0 Å². The number of amides is 1. The van der Waals surface area contributed by atoms with Crippen LogP contribution in [0.25, 0.3) is 6.08 Å². The average Bonchev–Trinajstić information content (AvgIpc) is 2.63. The van der Waals surface area contributed by atoms with Crippen LogP contribution in [-0.2, 0) is 14.3 Å². The van der Waals surface area contributed by atoms with Crippen molar-refractivity contribution in [1.82, 2.24) is 0 Å². The van der Waals surface area contributed by atoms with Gasteiger partial charge in [-0.15, -0.1) is 0 Å². The summed E-state index contributed by atoms with van der Waals surface area (Å²) in [6.45, 7) is 1.46. The van der Waals surface area contributed by atoms with Gasteiger partial charge in [0.25, 0.3) is 5.91 Å². The molecule has 0 aromatic heterocycles. The van der Waals surface area contributed by atoms with Crippen molar-refractivity contribution in [3.63, 3.8) is 0 Å². The third kappa shape index (κ3) is 5.51. The van der Waals surface area contributed by atoms with E-state index in [9.17, 15) is 9.59 Å². The molecule has 2 aromatic rings. The summed E-state index contributed by atoms with van der Waals surface area (Å²) in [6.07, 6.45) is 1.77. The standard InChI is InChI=1S/C19H17Cl2NO4/c1-12(19(24)22-16-11-14(20)8-9-15(16)21)26-18(23)10-7-13-5-3-4-6-17(13)25-2/h3-12H,1-2H3,(H,22,24)/b10-7+. The predicted molar refractivity (Wildman–Crippen MR) is 103 cm³/mol. The van der Waals surface area contributed by atoms with E-state index in [1.165, 1.54) is 19.1 Å². The van der Waals surface area contributed by atoms with Gasteiger partial charge in [0, 0.05) is 16.7 Å². The minimum absolute atomic E-state index is 0.331. The van der Waals surface area contributed by atoms with E-state index < -0.39 is 18.0 Å². The summed E-state index contributed by atoms with van der Waals surface area (Å²) in [6, 6.07) is 11.9. The van der Waals surface area contributed by atoms with Crippen LogP contribution in [0.1, 0.15) is 12.5 Å². The Balaban J connectivity index is 1.96. The number of halogens is 2. The molecule has 0 heterocycles. The van der Waals surface area contributed by atoms with Gasteiger partial charge in [-0.05, 0) is 37.3 Å². The molecule has 0 aliphatic rings. The Morgan fingerprint density at radius 1 is 1.15 bits per heavy atom. The smallest absolute Gasteiger partial charge is 0.331 e. The highest BCUT2D eigenvalue weighted by Gasteiger charge is 2.18. The molecule has 0 saturated heterocycles. The Bertz CT molecular complexity index is 836. The van der Waals surface area contributed by atoms with Crippen LogP contribution in [0.5, 0.6) is 5.75 Å². The van der Waals surface area contributed by atoms with Crippen molar-refractivity contribution in [2.75, 3.05) is 12.4 Å². The molecular formula is C19H17Cl2NO4. The number of carbonyl (C=O) groups excluding carboxylic acids is 2. The van der Waals surface area contributed by atoms with E-state index >= 15 is 0 Å². The molecular weight excluding hydrogens is 377 g/mol. The molecule has 2 rings (SSSR count). The van der Waals surface area contributed by atoms with E-state index in [-0.39, 0.29) is 0 Å². The van der Waals surface area contributed by atoms with E-state index in [4.69, 9.17) is 32.7 Å². The zero-order chi connectivity index (χ0) is 19.1. The highest BCUT2D eigenvalue weighted by Crippen LogP contribution is 2.25. The van der Waals surface area contributed by atoms with E-state index in [2.05, 4.69) is 5.32 Å². The van der Waals surface area contributed by atoms with Crippen LogP contribution in [-0.4, -0.2) is 25.1 Å². The van der Waals surface area contributed by atoms with E-state index in [0.29, 0.717) is 21.5 Å². The fourth-order valence-electron chi connectivity index (χ4n) is 2.06. The molecule has 2 aromatic carbocycles. The van der Waals surface area contributed by atoms with Crippen LogP contribution < -0.4 is 10.1 Å². The minimum atomic E-state index is -1.01. The van der Waals surface area contributed by atoms with Gasteiger partial charge in [0.2, 0.25) is 0 Å². The Kier molecular flexibility index (Phi) is 7.06. The molecule has 0 spiro atoms. The Labute approximate surface area is 161 Å². The number of hydrogen-bond donors (Lipinski definition) is 1. The number of benzene rings is 2. The fourth-order valence-corrected chi connectivity index (χ4v) is 2.39. The lowest BCUT2D eigenvalue weighted by molar-refractivity contribution is -0.148. The van der Waals surface area contributed by atoms with Gasteiger partial charge < -0.3 is 14.8 Å². The van der Waals surface area contributed by atoms with Crippen molar-refractivity contribution in [3.05, 3.63) is 64.1 Å². The largest absolute Gasteiger partial charge is 0.496 e. The predicted octanol–water partition coefficient (Wildman–Crippen LogP) is 4.59. The second-order valence-corrected chi connectivity index (χ2v) is 6.11. The molecule has 0 aliphatic heterocycles. The zero-order valence-corrected chi connectivity index (χ0v) is 15.7. The van der Waals surface area contributed by atoms with Crippen molar-refractivity contribution in [3.8, 4) is 5.75 Å². The molecule has 1 amide bonds. The molecule has 1 atom stereocenters. The van der Waals surface area contributed by atoms with Gasteiger partial charge in [0.15, 0.2) is 6.10 Å². The van der Waals surface area contributed by atoms with Crippen molar-refractivity contribution >= 4 is 46.8 Å². The number of nitrogens with one attached hydrogen (secondary N) is 1. The molecule has 1 unspecified atom stereocenters. The maximum absolute atomic E-state index is 12.2. The highest BCUT2D eigenvalue weighted by molar-refractivity contribution is 6.35. The van der Waals surface area contributed by atoms with E-state index in [0.717, 1.165) is 5.56 Å². The first kappa shape index (κ1) is 19.8. The first-order valence-corrected chi connectivity index (χ1v) is 8.44. The number of carbonyl (C=O) groups is 2. The molecule has 0 bridgehead atoms. The summed E-state index contributed by atoms with van der Waals surface area (Å²) < 4.78 is 10.3. The summed E-state index contributed by atoms with van der Waals surface area (Å²) in [4.78, 5) is 24.1. The van der Waals surface area contributed by atoms with Crippen LogP contribution in [0, 0.1) is 0 Å². The van der Waals surface area contributed by atoms with Gasteiger partial charge in [-0.25, -0.2) is 4.79 Å². The Morgan fingerprint density at radius 2 is 1.88 bits per heavy atom. The van der Waals surface area contributed by atoms with Gasteiger partial charge in [-0.2, -0.15) is 0 Å². The summed E-state index contributed by atoms with van der Waals surface area (Å²) in [5.41, 5.74) is 1.06. The molecule has 1 N–H and O–H groups in total. The summed E-state index contributed by atoms with van der Waals surface area (Å²) in [5.74, 6) is -0.554. The third-order valence-corrected chi connectivity index (χ3v) is 3.95.